The molecule has 0 saturated heterocycles. The maximum Gasteiger partial charge on any atom is 0.187 e. The molecule has 0 radical (unpaired) electrons. The van der Waals surface area contributed by atoms with Crippen LogP contribution in [0.4, 0.5) is 5.69 Å². The van der Waals surface area contributed by atoms with Gasteiger partial charge < -0.3 is 10.2 Å². The van der Waals surface area contributed by atoms with E-state index < -0.39 is 0 Å². The standard InChI is InChI=1S/C14H22N4S/c1-14(2,3)16-13(19)17-15-10-11-6-8-12(9-7-11)18(4)5/h6-10H,1-5H3,(H2,16,17,19)/b15-10+. The molecule has 0 saturated carbocycles. The molecule has 0 spiro atoms. The zero-order chi connectivity index (χ0) is 14.5. The summed E-state index contributed by atoms with van der Waals surface area (Å²) in [4.78, 5) is 2.06. The number of hydrogen-bond donors (Lipinski definition) is 2. The van der Waals surface area contributed by atoms with Gasteiger partial charge in [0.25, 0.3) is 0 Å². The number of benzene rings is 1. The summed E-state index contributed by atoms with van der Waals surface area (Å²) in [6.45, 7) is 6.14. The zero-order valence-corrected chi connectivity index (χ0v) is 13.0. The van der Waals surface area contributed by atoms with Crippen molar-refractivity contribution in [1.29, 1.82) is 0 Å². The predicted octanol–water partition coefficient (Wildman–Crippen LogP) is 2.35. The number of thiocarbonyl (C=S) groups is 1. The molecule has 4 nitrogen and oxygen atoms in total. The molecule has 1 aromatic rings. The molecule has 0 aliphatic heterocycles. The highest BCUT2D eigenvalue weighted by Gasteiger charge is 2.09. The van der Waals surface area contributed by atoms with E-state index in [0.29, 0.717) is 5.11 Å². The summed E-state index contributed by atoms with van der Waals surface area (Å²) >= 11 is 5.13. The predicted molar refractivity (Wildman–Crippen MR) is 87.0 cm³/mol. The summed E-state index contributed by atoms with van der Waals surface area (Å²) < 4.78 is 0. The Kier molecular flexibility index (Phi) is 5.30. The van der Waals surface area contributed by atoms with Crippen molar-refractivity contribution in [3.05, 3.63) is 29.8 Å². The van der Waals surface area contributed by atoms with E-state index in [4.69, 9.17) is 12.2 Å². The number of hydrogen-bond acceptors (Lipinski definition) is 3. The Morgan fingerprint density at radius 1 is 1.21 bits per heavy atom. The lowest BCUT2D eigenvalue weighted by atomic mass is 10.1. The molecule has 1 aromatic carbocycles. The summed E-state index contributed by atoms with van der Waals surface area (Å²) in [5, 5.41) is 7.76. The second-order valence-corrected chi connectivity index (χ2v) is 5.97. The molecule has 19 heavy (non-hydrogen) atoms. The highest BCUT2D eigenvalue weighted by atomic mass is 32.1. The van der Waals surface area contributed by atoms with E-state index in [0.717, 1.165) is 11.3 Å². The fraction of sp³-hybridized carbons (Fsp3) is 0.429. The summed E-state index contributed by atoms with van der Waals surface area (Å²) in [6.07, 6.45) is 1.75. The first kappa shape index (κ1) is 15.4. The smallest absolute Gasteiger partial charge is 0.187 e. The Balaban J connectivity index is 2.51. The number of rotatable bonds is 3. The van der Waals surface area contributed by atoms with E-state index in [-0.39, 0.29) is 5.54 Å². The van der Waals surface area contributed by atoms with Crippen molar-refractivity contribution in [2.45, 2.75) is 26.3 Å². The van der Waals surface area contributed by atoms with Crippen LogP contribution >= 0.6 is 12.2 Å². The lowest BCUT2D eigenvalue weighted by Crippen LogP contribution is -2.44. The van der Waals surface area contributed by atoms with E-state index in [1.165, 1.54) is 0 Å². The summed E-state index contributed by atoms with van der Waals surface area (Å²) in [5.74, 6) is 0. The Morgan fingerprint density at radius 2 is 1.79 bits per heavy atom. The second kappa shape index (κ2) is 6.52. The van der Waals surface area contributed by atoms with Crippen LogP contribution in [0.15, 0.2) is 29.4 Å². The first-order valence-electron chi connectivity index (χ1n) is 6.16. The third kappa shape index (κ3) is 6.20. The van der Waals surface area contributed by atoms with Crippen molar-refractivity contribution in [3.63, 3.8) is 0 Å². The highest BCUT2D eigenvalue weighted by molar-refractivity contribution is 7.80. The summed E-state index contributed by atoms with van der Waals surface area (Å²) in [7, 11) is 4.03. The van der Waals surface area contributed by atoms with Crippen molar-refractivity contribution in [2.75, 3.05) is 19.0 Å². The van der Waals surface area contributed by atoms with Gasteiger partial charge in [-0.25, -0.2) is 0 Å². The average molecular weight is 278 g/mol. The van der Waals surface area contributed by atoms with Gasteiger partial charge in [-0.15, -0.1) is 0 Å². The molecule has 0 unspecified atom stereocenters. The van der Waals surface area contributed by atoms with Crippen molar-refractivity contribution >= 4 is 29.2 Å². The summed E-state index contributed by atoms with van der Waals surface area (Å²) in [6, 6.07) is 8.13. The molecule has 104 valence electrons. The maximum atomic E-state index is 5.13. The van der Waals surface area contributed by atoms with Crippen LogP contribution in [-0.2, 0) is 0 Å². The molecule has 5 heteroatoms. The Hall–Kier alpha value is -1.62. The van der Waals surface area contributed by atoms with Crippen LogP contribution in [0.2, 0.25) is 0 Å². The van der Waals surface area contributed by atoms with Crippen LogP contribution in [-0.4, -0.2) is 31.0 Å². The van der Waals surface area contributed by atoms with Gasteiger partial charge in [-0.3, -0.25) is 5.43 Å². The van der Waals surface area contributed by atoms with Gasteiger partial charge in [0, 0.05) is 25.3 Å². The van der Waals surface area contributed by atoms with Crippen LogP contribution < -0.4 is 15.6 Å². The van der Waals surface area contributed by atoms with Gasteiger partial charge in [-0.2, -0.15) is 5.10 Å². The maximum absolute atomic E-state index is 5.13. The molecule has 0 aliphatic rings. The zero-order valence-electron chi connectivity index (χ0n) is 12.2. The lowest BCUT2D eigenvalue weighted by molar-refractivity contribution is 0.508. The molecule has 0 heterocycles. The normalized spacial score (nSPS) is 11.4. The SMILES string of the molecule is CN(C)c1ccc(/C=N/NC(=S)NC(C)(C)C)cc1. The van der Waals surface area contributed by atoms with Crippen LogP contribution in [0, 0.1) is 0 Å². The Morgan fingerprint density at radius 3 is 2.26 bits per heavy atom. The minimum Gasteiger partial charge on any atom is -0.378 e. The van der Waals surface area contributed by atoms with Gasteiger partial charge in [0.05, 0.1) is 6.21 Å². The molecule has 0 atom stereocenters. The molecular formula is C14H22N4S. The highest BCUT2D eigenvalue weighted by Crippen LogP contribution is 2.10. The Labute approximate surface area is 120 Å². The van der Waals surface area contributed by atoms with Gasteiger partial charge in [-0.05, 0) is 50.7 Å². The van der Waals surface area contributed by atoms with Crippen molar-refractivity contribution in [1.82, 2.24) is 10.7 Å². The topological polar surface area (TPSA) is 39.7 Å². The fourth-order valence-electron chi connectivity index (χ4n) is 1.39. The van der Waals surface area contributed by atoms with Gasteiger partial charge in [0.1, 0.15) is 0 Å². The Bertz CT molecular complexity index is 444. The largest absolute Gasteiger partial charge is 0.378 e. The van der Waals surface area contributed by atoms with Crippen molar-refractivity contribution in [2.24, 2.45) is 5.10 Å². The molecule has 0 amide bonds. The van der Waals surface area contributed by atoms with E-state index >= 15 is 0 Å². The van der Waals surface area contributed by atoms with E-state index in [1.807, 2.05) is 59.1 Å². The molecule has 2 N–H and O–H groups in total. The average Bonchev–Trinajstić information content (AvgIpc) is 2.27. The van der Waals surface area contributed by atoms with Crippen LogP contribution in [0.5, 0.6) is 0 Å². The van der Waals surface area contributed by atoms with Crippen LogP contribution in [0.3, 0.4) is 0 Å². The third-order valence-electron chi connectivity index (χ3n) is 2.28. The van der Waals surface area contributed by atoms with Gasteiger partial charge in [0.2, 0.25) is 0 Å². The first-order chi connectivity index (χ1) is 8.78. The fourth-order valence-corrected chi connectivity index (χ4v) is 1.75. The van der Waals surface area contributed by atoms with E-state index in [1.54, 1.807) is 6.21 Å². The van der Waals surface area contributed by atoms with Gasteiger partial charge >= 0.3 is 0 Å². The number of nitrogens with zero attached hydrogens (tertiary/aromatic N) is 2. The van der Waals surface area contributed by atoms with E-state index in [2.05, 4.69) is 20.7 Å². The van der Waals surface area contributed by atoms with Gasteiger partial charge in [0.15, 0.2) is 5.11 Å². The molecule has 1 rings (SSSR count). The van der Waals surface area contributed by atoms with E-state index in [9.17, 15) is 0 Å². The summed E-state index contributed by atoms with van der Waals surface area (Å²) in [5.41, 5.74) is 4.93. The van der Waals surface area contributed by atoms with Crippen molar-refractivity contribution in [3.8, 4) is 0 Å². The second-order valence-electron chi connectivity index (χ2n) is 5.56. The molecular weight excluding hydrogens is 256 g/mol. The van der Waals surface area contributed by atoms with Gasteiger partial charge in [-0.1, -0.05) is 12.1 Å². The third-order valence-corrected chi connectivity index (χ3v) is 2.47. The molecule has 0 bridgehead atoms. The lowest BCUT2D eigenvalue weighted by Gasteiger charge is -2.21. The minimum atomic E-state index is -0.0625. The van der Waals surface area contributed by atoms with Crippen molar-refractivity contribution < 1.29 is 0 Å². The monoisotopic (exact) mass is 278 g/mol. The molecule has 0 aliphatic carbocycles. The number of anilines is 1. The number of nitrogens with one attached hydrogen (secondary N) is 2. The van der Waals surface area contributed by atoms with Crippen LogP contribution in [0.25, 0.3) is 0 Å². The minimum absolute atomic E-state index is 0.0625. The van der Waals surface area contributed by atoms with Crippen LogP contribution in [0.1, 0.15) is 26.3 Å². The first-order valence-corrected chi connectivity index (χ1v) is 6.57. The number of hydrazone groups is 1. The quantitative estimate of drug-likeness (QED) is 0.506. The molecule has 0 aromatic heterocycles. The molecule has 0 fully saturated rings.